The van der Waals surface area contributed by atoms with E-state index in [1.54, 1.807) is 0 Å². The Morgan fingerprint density at radius 1 is 0.720 bits per heavy atom. The van der Waals surface area contributed by atoms with Gasteiger partial charge in [-0.3, -0.25) is 0 Å². The van der Waals surface area contributed by atoms with Gasteiger partial charge in [0.1, 0.15) is 0 Å². The molecule has 1 unspecified atom stereocenters. The van der Waals surface area contributed by atoms with E-state index in [4.69, 9.17) is 0 Å². The van der Waals surface area contributed by atoms with Crippen molar-refractivity contribution in [2.75, 3.05) is 7.05 Å². The van der Waals surface area contributed by atoms with Crippen LogP contribution < -0.4 is 18.9 Å². The van der Waals surface area contributed by atoms with Gasteiger partial charge >= 0.3 is 18.9 Å². The SMILES string of the molecule is [CH2-][Si](C)(C)N(C)C(C)CCCCCCCCCCCCCCCC.[Li+]. The maximum Gasteiger partial charge on any atom is 1.00 e. The molecule has 0 N–H and O–H groups in total. The molecule has 1 atom stereocenters. The third-order valence-electron chi connectivity index (χ3n) is 5.59. The summed E-state index contributed by atoms with van der Waals surface area (Å²) in [5.41, 5.74) is 0. The molecule has 0 aromatic carbocycles. The standard InChI is InChI=1S/C22H48NSi.Li/c1-7-8-9-10-11-12-13-14-15-16-17-18-19-20-21-22(2)23(3)24(4,5)6;/h22H,4,7-21H2,1-3,5-6H3;/q-1;+1. The van der Waals surface area contributed by atoms with Crippen LogP contribution in [0.5, 0.6) is 0 Å². The molecule has 0 radical (unpaired) electrons. The van der Waals surface area contributed by atoms with Crippen LogP contribution in [0.1, 0.15) is 110 Å². The first-order valence-corrected chi connectivity index (χ1v) is 14.1. The summed E-state index contributed by atoms with van der Waals surface area (Å²) >= 11 is 0. The molecule has 0 aromatic heterocycles. The van der Waals surface area contributed by atoms with E-state index in [0.717, 1.165) is 0 Å². The van der Waals surface area contributed by atoms with E-state index in [1.807, 2.05) is 0 Å². The van der Waals surface area contributed by atoms with Crippen LogP contribution in [0.4, 0.5) is 0 Å². The molecule has 0 saturated carbocycles. The van der Waals surface area contributed by atoms with Crippen LogP contribution in [-0.2, 0) is 0 Å². The third kappa shape index (κ3) is 17.9. The number of hydrogen-bond donors (Lipinski definition) is 0. The Bertz CT molecular complexity index is 265. The van der Waals surface area contributed by atoms with Gasteiger partial charge in [-0.2, -0.15) is 0 Å². The second-order valence-electron chi connectivity index (χ2n) is 8.66. The molecular formula is C22H48LiNSi. The van der Waals surface area contributed by atoms with Crippen LogP contribution in [0.15, 0.2) is 0 Å². The van der Waals surface area contributed by atoms with Gasteiger partial charge in [-0.1, -0.05) is 117 Å². The van der Waals surface area contributed by atoms with Crippen molar-refractivity contribution in [2.45, 2.75) is 129 Å². The molecule has 0 saturated heterocycles. The first-order chi connectivity index (χ1) is 11.4. The van der Waals surface area contributed by atoms with Gasteiger partial charge in [0.2, 0.25) is 0 Å². The fourth-order valence-corrected chi connectivity index (χ4v) is 4.75. The minimum Gasteiger partial charge on any atom is -0.352 e. The van der Waals surface area contributed by atoms with E-state index in [1.165, 1.54) is 96.3 Å². The van der Waals surface area contributed by atoms with Gasteiger partial charge in [-0.15, -0.1) is 0 Å². The van der Waals surface area contributed by atoms with Gasteiger partial charge in [0.05, 0.1) is 0 Å². The van der Waals surface area contributed by atoms with E-state index >= 15 is 0 Å². The molecule has 0 aliphatic rings. The molecule has 0 fully saturated rings. The predicted octanol–water partition coefficient (Wildman–Crippen LogP) is 4.76. The quantitative estimate of drug-likeness (QED) is 0.205. The van der Waals surface area contributed by atoms with Gasteiger partial charge in [0, 0.05) is 0 Å². The zero-order valence-electron chi connectivity index (χ0n) is 18.8. The maximum absolute atomic E-state index is 4.37. The maximum atomic E-state index is 4.37. The van der Waals surface area contributed by atoms with Crippen molar-refractivity contribution < 1.29 is 18.9 Å². The van der Waals surface area contributed by atoms with Gasteiger partial charge in [-0.05, 0) is 27.7 Å². The smallest absolute Gasteiger partial charge is 0.352 e. The van der Waals surface area contributed by atoms with Crippen molar-refractivity contribution in [3.8, 4) is 0 Å². The molecule has 0 aliphatic carbocycles. The molecular weight excluding hydrogens is 313 g/mol. The molecule has 0 rings (SSSR count). The Hall–Kier alpha value is 0.774. The summed E-state index contributed by atoms with van der Waals surface area (Å²) in [6.07, 6.45) is 21.6. The van der Waals surface area contributed by atoms with Crippen LogP contribution in [0.2, 0.25) is 13.1 Å². The summed E-state index contributed by atoms with van der Waals surface area (Å²) in [4.78, 5) is 0. The fraction of sp³-hybridized carbons (Fsp3) is 0.955. The predicted molar refractivity (Wildman–Crippen MR) is 115 cm³/mol. The van der Waals surface area contributed by atoms with E-state index in [9.17, 15) is 0 Å². The van der Waals surface area contributed by atoms with Gasteiger partial charge in [0.25, 0.3) is 0 Å². The Labute approximate surface area is 174 Å². The molecule has 0 aromatic rings. The van der Waals surface area contributed by atoms with Crippen LogP contribution >= 0.6 is 0 Å². The van der Waals surface area contributed by atoms with Gasteiger partial charge in [0.15, 0.2) is 0 Å². The number of nitrogens with zero attached hydrogens (tertiary/aromatic N) is 1. The van der Waals surface area contributed by atoms with Crippen molar-refractivity contribution in [3.63, 3.8) is 0 Å². The number of rotatable bonds is 17. The molecule has 25 heavy (non-hydrogen) atoms. The van der Waals surface area contributed by atoms with Crippen molar-refractivity contribution in [1.29, 1.82) is 0 Å². The summed E-state index contributed by atoms with van der Waals surface area (Å²) in [5, 5.41) is 0. The molecule has 0 spiro atoms. The minimum atomic E-state index is -1.35. The third-order valence-corrected chi connectivity index (χ3v) is 7.94. The van der Waals surface area contributed by atoms with Crippen molar-refractivity contribution in [1.82, 2.24) is 4.57 Å². The molecule has 1 nitrogen and oxygen atoms in total. The second-order valence-corrected chi connectivity index (χ2v) is 13.0. The van der Waals surface area contributed by atoms with Crippen LogP contribution in [0, 0.1) is 6.55 Å². The molecule has 146 valence electrons. The summed E-state index contributed by atoms with van der Waals surface area (Å²) < 4.78 is 2.55. The average molecular weight is 362 g/mol. The topological polar surface area (TPSA) is 3.24 Å². The zero-order valence-corrected chi connectivity index (χ0v) is 19.8. The Kier molecular flexibility index (Phi) is 20.3. The molecule has 0 amide bonds. The zero-order chi connectivity index (χ0) is 18.3. The Morgan fingerprint density at radius 2 is 1.04 bits per heavy atom. The summed E-state index contributed by atoms with van der Waals surface area (Å²) in [6, 6.07) is 0.710. The van der Waals surface area contributed by atoms with Crippen LogP contribution in [0.3, 0.4) is 0 Å². The summed E-state index contributed by atoms with van der Waals surface area (Å²) in [5.74, 6) is 0. The van der Waals surface area contributed by atoms with Gasteiger partial charge < -0.3 is 11.1 Å². The summed E-state index contributed by atoms with van der Waals surface area (Å²) in [6.45, 7) is 13.7. The van der Waals surface area contributed by atoms with E-state index in [0.29, 0.717) is 6.04 Å². The second kappa shape index (κ2) is 18.2. The van der Waals surface area contributed by atoms with Crippen molar-refractivity contribution >= 4 is 8.24 Å². The Morgan fingerprint density at radius 3 is 1.36 bits per heavy atom. The summed E-state index contributed by atoms with van der Waals surface area (Å²) in [7, 11) is 0.924. The molecule has 0 bridgehead atoms. The molecule has 0 heterocycles. The van der Waals surface area contributed by atoms with E-state index in [-0.39, 0.29) is 18.9 Å². The number of unbranched alkanes of at least 4 members (excludes halogenated alkanes) is 13. The normalized spacial score (nSPS) is 13.1. The van der Waals surface area contributed by atoms with E-state index in [2.05, 4.69) is 45.1 Å². The van der Waals surface area contributed by atoms with Crippen LogP contribution in [-0.4, -0.2) is 25.9 Å². The van der Waals surface area contributed by atoms with Crippen molar-refractivity contribution in [2.24, 2.45) is 0 Å². The van der Waals surface area contributed by atoms with Gasteiger partial charge in [-0.25, -0.2) is 0 Å². The fourth-order valence-electron chi connectivity index (χ4n) is 3.42. The minimum absolute atomic E-state index is 0. The molecule has 3 heteroatoms. The van der Waals surface area contributed by atoms with E-state index < -0.39 is 8.24 Å². The molecule has 0 aliphatic heterocycles. The monoisotopic (exact) mass is 361 g/mol. The van der Waals surface area contributed by atoms with Crippen LogP contribution in [0.25, 0.3) is 0 Å². The largest absolute Gasteiger partial charge is 1.00 e. The van der Waals surface area contributed by atoms with Crippen molar-refractivity contribution in [3.05, 3.63) is 6.55 Å². The Balaban J connectivity index is 0. The first-order valence-electron chi connectivity index (χ1n) is 11.0. The first kappa shape index (κ1) is 28.0. The average Bonchev–Trinajstić information content (AvgIpc) is 2.53. The number of hydrogen-bond acceptors (Lipinski definition) is 1.